The monoisotopic (exact) mass is 232 g/mol. The van der Waals surface area contributed by atoms with Crippen molar-refractivity contribution < 1.29 is 14.3 Å². The van der Waals surface area contributed by atoms with E-state index >= 15 is 0 Å². The Morgan fingerprint density at radius 3 is 2.36 bits per heavy atom. The van der Waals surface area contributed by atoms with Gasteiger partial charge in [0.2, 0.25) is 8.32 Å². The first-order valence-electron chi connectivity index (χ1n) is 4.86. The van der Waals surface area contributed by atoms with Crippen LogP contribution in [-0.2, 0) is 14.3 Å². The van der Waals surface area contributed by atoms with Gasteiger partial charge in [0.15, 0.2) is 0 Å². The second kappa shape index (κ2) is 5.48. The van der Waals surface area contributed by atoms with E-state index in [-0.39, 0.29) is 5.54 Å². The van der Waals surface area contributed by atoms with Crippen molar-refractivity contribution >= 4 is 24.5 Å². The molecule has 0 aliphatic heterocycles. The van der Waals surface area contributed by atoms with Gasteiger partial charge in [-0.2, -0.15) is 0 Å². The summed E-state index contributed by atoms with van der Waals surface area (Å²) < 4.78 is 5.05. The van der Waals surface area contributed by atoms with Crippen molar-refractivity contribution in [3.63, 3.8) is 0 Å². The Bertz CT molecular complexity index is 221. The Morgan fingerprint density at radius 2 is 2.00 bits per heavy atom. The molecular formula is C9H20O3Si2. The van der Waals surface area contributed by atoms with Crippen LogP contribution in [0.25, 0.3) is 0 Å². The maximum Gasteiger partial charge on any atom is 0.367 e. The zero-order valence-corrected chi connectivity index (χ0v) is 12.7. The van der Waals surface area contributed by atoms with Gasteiger partial charge in [-0.25, -0.2) is 9.37 Å². The van der Waals surface area contributed by atoms with Crippen LogP contribution in [0.3, 0.4) is 0 Å². The van der Waals surface area contributed by atoms with Gasteiger partial charge in [-0.05, 0) is 25.2 Å². The maximum absolute atomic E-state index is 11.4. The Balaban J connectivity index is 4.04. The molecule has 0 bridgehead atoms. The largest absolute Gasteiger partial charge is 0.367 e. The van der Waals surface area contributed by atoms with Gasteiger partial charge >= 0.3 is 5.97 Å². The molecule has 0 aromatic heterocycles. The lowest BCUT2D eigenvalue weighted by Gasteiger charge is -2.16. The predicted molar refractivity (Wildman–Crippen MR) is 63.6 cm³/mol. The van der Waals surface area contributed by atoms with E-state index in [9.17, 15) is 4.79 Å². The normalized spacial score (nSPS) is 13.7. The Kier molecular flexibility index (Phi) is 5.32. The number of hydrogen-bond donors (Lipinski definition) is 0. The highest BCUT2D eigenvalue weighted by Gasteiger charge is 2.21. The summed E-state index contributed by atoms with van der Waals surface area (Å²) in [6.07, 6.45) is 0.938. The first kappa shape index (κ1) is 13.6. The van der Waals surface area contributed by atoms with Crippen molar-refractivity contribution in [2.75, 3.05) is 0 Å². The van der Waals surface area contributed by atoms with E-state index in [4.69, 9.17) is 9.46 Å². The van der Waals surface area contributed by atoms with Crippen LogP contribution in [0.2, 0.25) is 25.2 Å². The molecule has 0 aromatic rings. The topological polar surface area (TPSA) is 35.5 Å². The quantitative estimate of drug-likeness (QED) is 0.311. The second-order valence-corrected chi connectivity index (χ2v) is 10.2. The van der Waals surface area contributed by atoms with E-state index in [0.717, 1.165) is 16.7 Å². The highest BCUT2D eigenvalue weighted by molar-refractivity contribution is 6.69. The molecule has 0 amide bonds. The second-order valence-electron chi connectivity index (χ2n) is 4.40. The molecule has 0 rings (SSSR count). The highest BCUT2D eigenvalue weighted by Crippen LogP contribution is 2.17. The van der Waals surface area contributed by atoms with E-state index in [0.29, 0.717) is 5.57 Å². The molecule has 1 unspecified atom stereocenters. The molecule has 5 heteroatoms. The summed E-state index contributed by atoms with van der Waals surface area (Å²) in [5, 5.41) is 0. The molecule has 0 N–H and O–H groups in total. The van der Waals surface area contributed by atoms with E-state index in [1.54, 1.807) is 0 Å². The van der Waals surface area contributed by atoms with Gasteiger partial charge in [0.05, 0.1) is 0 Å². The highest BCUT2D eigenvalue weighted by atomic mass is 28.4. The molecule has 0 aromatic carbocycles. The Labute approximate surface area is 90.0 Å². The van der Waals surface area contributed by atoms with Crippen LogP contribution in [0, 0.1) is 0 Å². The minimum Gasteiger partial charge on any atom is -0.305 e. The summed E-state index contributed by atoms with van der Waals surface area (Å²) in [4.78, 5) is 16.1. The summed E-state index contributed by atoms with van der Waals surface area (Å²) in [6, 6.07) is 0. The lowest BCUT2D eigenvalue weighted by atomic mass is 10.2. The molecule has 0 heterocycles. The average molecular weight is 232 g/mol. The molecule has 0 aliphatic rings. The average Bonchev–Trinajstić information content (AvgIpc) is 2.10. The predicted octanol–water partition coefficient (Wildman–Crippen LogP) is 1.42. The molecule has 0 aliphatic carbocycles. The molecule has 82 valence electrons. The molecule has 0 spiro atoms. The van der Waals surface area contributed by atoms with E-state index < -0.39 is 14.3 Å². The van der Waals surface area contributed by atoms with Gasteiger partial charge in [0.25, 0.3) is 0 Å². The van der Waals surface area contributed by atoms with Crippen molar-refractivity contribution in [3.8, 4) is 0 Å². The lowest BCUT2D eigenvalue weighted by molar-refractivity contribution is -0.214. The smallest absolute Gasteiger partial charge is 0.305 e. The molecule has 3 nitrogen and oxygen atoms in total. The fraction of sp³-hybridized carbons (Fsp3) is 0.667. The van der Waals surface area contributed by atoms with E-state index in [1.165, 1.54) is 0 Å². The minimum atomic E-state index is -1.78. The molecule has 1 atom stereocenters. The fourth-order valence-electron chi connectivity index (χ4n) is 0.664. The summed E-state index contributed by atoms with van der Waals surface area (Å²) >= 11 is 0. The maximum atomic E-state index is 11.4. The standard InChI is InChI=1S/C9H20O3Si2/c1-6-8(13)7(2)9(10)11-12-14(3,4)5/h8H,2,6H2,1,3-5,13H3. The van der Waals surface area contributed by atoms with Gasteiger partial charge in [0.1, 0.15) is 0 Å². The van der Waals surface area contributed by atoms with Crippen LogP contribution in [-0.4, -0.2) is 24.5 Å². The SMILES string of the molecule is C=C(C(=O)OO[Si](C)(C)C)C([SiH3])CC. The van der Waals surface area contributed by atoms with E-state index in [1.807, 2.05) is 26.6 Å². The van der Waals surface area contributed by atoms with Crippen LogP contribution in [0.5, 0.6) is 0 Å². The molecule has 0 saturated heterocycles. The Hall–Kier alpha value is -0.396. The molecule has 0 saturated carbocycles. The van der Waals surface area contributed by atoms with E-state index in [2.05, 4.69) is 6.58 Å². The van der Waals surface area contributed by atoms with Crippen LogP contribution in [0.1, 0.15) is 13.3 Å². The van der Waals surface area contributed by atoms with Crippen LogP contribution < -0.4 is 0 Å². The summed E-state index contributed by atoms with van der Waals surface area (Å²) in [5.74, 6) is -0.408. The van der Waals surface area contributed by atoms with Crippen LogP contribution >= 0.6 is 0 Å². The fourth-order valence-corrected chi connectivity index (χ4v) is 1.23. The molecule has 0 radical (unpaired) electrons. The van der Waals surface area contributed by atoms with Crippen molar-refractivity contribution in [2.45, 2.75) is 38.5 Å². The molecule has 0 fully saturated rings. The minimum absolute atomic E-state index is 0.285. The van der Waals surface area contributed by atoms with Crippen molar-refractivity contribution in [1.82, 2.24) is 0 Å². The number of carbonyl (C=O) groups excluding carboxylic acids is 1. The summed E-state index contributed by atoms with van der Waals surface area (Å²) in [7, 11) is -0.860. The Morgan fingerprint density at radius 1 is 1.50 bits per heavy atom. The molecule has 14 heavy (non-hydrogen) atoms. The van der Waals surface area contributed by atoms with Gasteiger partial charge in [0, 0.05) is 15.8 Å². The van der Waals surface area contributed by atoms with Crippen LogP contribution in [0.15, 0.2) is 12.2 Å². The van der Waals surface area contributed by atoms with Gasteiger partial charge < -0.3 is 4.89 Å². The zero-order chi connectivity index (χ0) is 11.4. The first-order valence-corrected chi connectivity index (χ1v) is 9.43. The van der Waals surface area contributed by atoms with Crippen molar-refractivity contribution in [2.24, 2.45) is 0 Å². The summed E-state index contributed by atoms with van der Waals surface area (Å²) in [6.45, 7) is 11.6. The third-order valence-electron chi connectivity index (χ3n) is 1.84. The van der Waals surface area contributed by atoms with Gasteiger partial charge in [-0.15, -0.1) is 0 Å². The van der Waals surface area contributed by atoms with Crippen molar-refractivity contribution in [1.29, 1.82) is 0 Å². The number of hydrogen-bond acceptors (Lipinski definition) is 3. The zero-order valence-electron chi connectivity index (χ0n) is 9.72. The third-order valence-corrected chi connectivity index (χ3v) is 3.93. The van der Waals surface area contributed by atoms with Gasteiger partial charge in [-0.3, -0.25) is 0 Å². The lowest BCUT2D eigenvalue weighted by Crippen LogP contribution is -2.28. The number of carbonyl (C=O) groups is 1. The molecular weight excluding hydrogens is 212 g/mol. The summed E-state index contributed by atoms with van der Waals surface area (Å²) in [5.41, 5.74) is 0.824. The third kappa shape index (κ3) is 5.36. The number of rotatable bonds is 5. The van der Waals surface area contributed by atoms with Gasteiger partial charge in [-0.1, -0.05) is 19.9 Å². The van der Waals surface area contributed by atoms with Crippen LogP contribution in [0.4, 0.5) is 0 Å². The first-order chi connectivity index (χ1) is 6.28. The van der Waals surface area contributed by atoms with Crippen molar-refractivity contribution in [3.05, 3.63) is 12.2 Å².